The van der Waals surface area contributed by atoms with Crippen LogP contribution in [0, 0.1) is 13.8 Å². The van der Waals surface area contributed by atoms with Gasteiger partial charge in [-0.25, -0.2) is 14.5 Å². The molecule has 5 rings (SSSR count). The van der Waals surface area contributed by atoms with Crippen molar-refractivity contribution in [2.24, 2.45) is 5.16 Å². The van der Waals surface area contributed by atoms with E-state index in [1.807, 2.05) is 42.5 Å². The van der Waals surface area contributed by atoms with Gasteiger partial charge in [0.05, 0.1) is 25.8 Å². The lowest BCUT2D eigenvalue weighted by molar-refractivity contribution is 0.126. The van der Waals surface area contributed by atoms with Crippen LogP contribution in [0.25, 0.3) is 16.7 Å². The quantitative estimate of drug-likeness (QED) is 0.226. The molecular formula is C27H28N6O3. The first-order valence-corrected chi connectivity index (χ1v) is 11.7. The third kappa shape index (κ3) is 4.47. The number of benzene rings is 2. The largest absolute Gasteiger partial charge is 0.493 e. The van der Waals surface area contributed by atoms with Gasteiger partial charge in [-0.2, -0.15) is 0 Å². The highest BCUT2D eigenvalue weighted by Crippen LogP contribution is 2.30. The molecule has 0 amide bonds. The van der Waals surface area contributed by atoms with Gasteiger partial charge in [-0.05, 0) is 49.1 Å². The SMILES string of the molecule is COc1ccc(CCn2c(C)c(C)c3c2ncn2nc(CO/N=C/c4ccccc4)nc32)cc1OC. The van der Waals surface area contributed by atoms with Crippen LogP contribution >= 0.6 is 0 Å². The van der Waals surface area contributed by atoms with Crippen molar-refractivity contribution in [1.29, 1.82) is 0 Å². The van der Waals surface area contributed by atoms with Gasteiger partial charge in [0.1, 0.15) is 12.0 Å². The van der Waals surface area contributed by atoms with Crippen molar-refractivity contribution in [3.05, 3.63) is 83.1 Å². The summed E-state index contributed by atoms with van der Waals surface area (Å²) in [4.78, 5) is 14.9. The summed E-state index contributed by atoms with van der Waals surface area (Å²) in [6.45, 7) is 5.15. The zero-order valence-electron chi connectivity index (χ0n) is 20.8. The van der Waals surface area contributed by atoms with Gasteiger partial charge in [-0.3, -0.25) is 0 Å². The van der Waals surface area contributed by atoms with E-state index in [-0.39, 0.29) is 6.61 Å². The van der Waals surface area contributed by atoms with Crippen LogP contribution in [0.4, 0.5) is 0 Å². The number of ether oxygens (including phenoxy) is 2. The minimum Gasteiger partial charge on any atom is -0.493 e. The van der Waals surface area contributed by atoms with Crippen molar-refractivity contribution in [3.63, 3.8) is 0 Å². The lowest BCUT2D eigenvalue weighted by atomic mass is 10.1. The molecule has 0 radical (unpaired) electrons. The van der Waals surface area contributed by atoms with Crippen LogP contribution < -0.4 is 9.47 Å². The highest BCUT2D eigenvalue weighted by Gasteiger charge is 2.18. The van der Waals surface area contributed by atoms with E-state index in [2.05, 4.69) is 34.7 Å². The summed E-state index contributed by atoms with van der Waals surface area (Å²) >= 11 is 0. The summed E-state index contributed by atoms with van der Waals surface area (Å²) in [5.74, 6) is 2.00. The fourth-order valence-electron chi connectivity index (χ4n) is 4.32. The van der Waals surface area contributed by atoms with Gasteiger partial charge in [0.2, 0.25) is 0 Å². The van der Waals surface area contributed by atoms with Crippen molar-refractivity contribution < 1.29 is 14.3 Å². The standard InChI is InChI=1S/C27H28N6O3/c1-18-19(2)32(13-12-20-10-11-22(34-3)23(14-20)35-4)26-25(18)27-30-24(31-33(27)17-28-26)16-36-29-15-21-8-6-5-7-9-21/h5-11,14-15,17H,12-13,16H2,1-4H3/b29-15+. The summed E-state index contributed by atoms with van der Waals surface area (Å²) in [5.41, 5.74) is 6.06. The van der Waals surface area contributed by atoms with Gasteiger partial charge in [0.15, 0.2) is 29.6 Å². The second-order valence-electron chi connectivity index (χ2n) is 8.46. The van der Waals surface area contributed by atoms with Gasteiger partial charge in [-0.1, -0.05) is 41.6 Å². The van der Waals surface area contributed by atoms with E-state index >= 15 is 0 Å². The maximum absolute atomic E-state index is 5.45. The van der Waals surface area contributed by atoms with Crippen LogP contribution in [0.3, 0.4) is 0 Å². The first-order chi connectivity index (χ1) is 17.6. The van der Waals surface area contributed by atoms with Gasteiger partial charge < -0.3 is 18.9 Å². The van der Waals surface area contributed by atoms with Crippen LogP contribution in [0.15, 0.2) is 60.0 Å². The Hall–Kier alpha value is -4.40. The molecule has 0 bridgehead atoms. The minimum atomic E-state index is 0.171. The number of oxime groups is 1. The van der Waals surface area contributed by atoms with Crippen molar-refractivity contribution >= 4 is 22.9 Å². The van der Waals surface area contributed by atoms with Crippen LogP contribution in [0.1, 0.15) is 28.2 Å². The Bertz CT molecular complexity index is 1540. The van der Waals surface area contributed by atoms with E-state index in [4.69, 9.17) is 24.3 Å². The molecule has 0 aliphatic rings. The van der Waals surface area contributed by atoms with Crippen molar-refractivity contribution in [2.75, 3.05) is 14.2 Å². The molecule has 0 saturated carbocycles. The number of rotatable bonds is 9. The number of hydrogen-bond donors (Lipinski definition) is 0. The summed E-state index contributed by atoms with van der Waals surface area (Å²) in [5, 5.41) is 9.55. The average Bonchev–Trinajstić information content (AvgIpc) is 3.43. The highest BCUT2D eigenvalue weighted by molar-refractivity contribution is 5.93. The molecule has 0 unspecified atom stereocenters. The van der Waals surface area contributed by atoms with Gasteiger partial charge in [0, 0.05) is 12.2 Å². The molecule has 2 aromatic carbocycles. The molecule has 0 aliphatic heterocycles. The number of hydrogen-bond acceptors (Lipinski definition) is 7. The van der Waals surface area contributed by atoms with Crippen LogP contribution in [0.5, 0.6) is 11.5 Å². The van der Waals surface area contributed by atoms with Gasteiger partial charge in [-0.15, -0.1) is 5.10 Å². The summed E-state index contributed by atoms with van der Waals surface area (Å²) in [7, 11) is 3.29. The maximum Gasteiger partial charge on any atom is 0.192 e. The molecule has 5 aromatic rings. The first-order valence-electron chi connectivity index (χ1n) is 11.7. The molecule has 0 saturated heterocycles. The number of methoxy groups -OCH3 is 2. The van der Waals surface area contributed by atoms with Crippen molar-refractivity contribution in [1.82, 2.24) is 24.1 Å². The lowest BCUT2D eigenvalue weighted by Gasteiger charge is -2.11. The molecule has 3 heterocycles. The first kappa shape index (κ1) is 23.3. The van der Waals surface area contributed by atoms with E-state index in [9.17, 15) is 0 Å². The monoisotopic (exact) mass is 484 g/mol. The van der Waals surface area contributed by atoms with Crippen LogP contribution in [0.2, 0.25) is 0 Å². The molecule has 184 valence electrons. The fraction of sp³-hybridized carbons (Fsp3) is 0.259. The molecule has 3 aromatic heterocycles. The van der Waals surface area contributed by atoms with Crippen molar-refractivity contribution in [3.8, 4) is 11.5 Å². The second kappa shape index (κ2) is 10.1. The molecule has 0 N–H and O–H groups in total. The van der Waals surface area contributed by atoms with E-state index in [0.717, 1.165) is 63.5 Å². The molecule has 0 fully saturated rings. The van der Waals surface area contributed by atoms with Gasteiger partial charge in [0.25, 0.3) is 0 Å². The Morgan fingerprint density at radius 1 is 0.972 bits per heavy atom. The topological polar surface area (TPSA) is 88.1 Å². The van der Waals surface area contributed by atoms with Crippen molar-refractivity contribution in [2.45, 2.75) is 33.4 Å². The zero-order valence-corrected chi connectivity index (χ0v) is 20.8. The Labute approximate surface area is 209 Å². The Kier molecular flexibility index (Phi) is 6.53. The molecule has 9 heteroatoms. The number of nitrogens with zero attached hydrogens (tertiary/aromatic N) is 6. The number of aromatic nitrogens is 5. The van der Waals surface area contributed by atoms with Gasteiger partial charge >= 0.3 is 0 Å². The number of aryl methyl sites for hydroxylation is 3. The molecule has 0 spiro atoms. The Balaban J connectivity index is 1.37. The second-order valence-corrected chi connectivity index (χ2v) is 8.46. The lowest BCUT2D eigenvalue weighted by Crippen LogP contribution is -2.05. The Morgan fingerprint density at radius 3 is 2.56 bits per heavy atom. The average molecular weight is 485 g/mol. The van der Waals surface area contributed by atoms with E-state index in [1.165, 1.54) is 0 Å². The predicted molar refractivity (Wildman–Crippen MR) is 138 cm³/mol. The fourth-order valence-corrected chi connectivity index (χ4v) is 4.32. The molecule has 9 nitrogen and oxygen atoms in total. The molecule has 36 heavy (non-hydrogen) atoms. The summed E-state index contributed by atoms with van der Waals surface area (Å²) in [6, 6.07) is 15.8. The van der Waals surface area contributed by atoms with E-state index in [0.29, 0.717) is 5.82 Å². The molecular weight excluding hydrogens is 456 g/mol. The summed E-state index contributed by atoms with van der Waals surface area (Å²) < 4.78 is 14.7. The maximum atomic E-state index is 5.45. The third-order valence-corrected chi connectivity index (χ3v) is 6.33. The molecule has 0 atom stereocenters. The Morgan fingerprint density at radius 2 is 1.78 bits per heavy atom. The molecule has 0 aliphatic carbocycles. The summed E-state index contributed by atoms with van der Waals surface area (Å²) in [6.07, 6.45) is 4.19. The predicted octanol–water partition coefficient (Wildman–Crippen LogP) is 4.51. The normalized spacial score (nSPS) is 11.6. The number of fused-ring (bicyclic) bond motifs is 3. The minimum absolute atomic E-state index is 0.171. The third-order valence-electron chi connectivity index (χ3n) is 6.33. The smallest absolute Gasteiger partial charge is 0.192 e. The zero-order chi connectivity index (χ0) is 25.1. The highest BCUT2D eigenvalue weighted by atomic mass is 16.6. The van der Waals surface area contributed by atoms with Crippen LogP contribution in [-0.2, 0) is 24.4 Å². The van der Waals surface area contributed by atoms with E-state index < -0.39 is 0 Å². The van der Waals surface area contributed by atoms with Crippen LogP contribution in [-0.4, -0.2) is 44.6 Å². The van der Waals surface area contributed by atoms with E-state index in [1.54, 1.807) is 31.3 Å².